The molecule has 2 heterocycles. The Morgan fingerprint density at radius 3 is 2.81 bits per heavy atom. The summed E-state index contributed by atoms with van der Waals surface area (Å²) in [6.45, 7) is 4.09. The molecule has 0 unspecified atom stereocenters. The lowest BCUT2D eigenvalue weighted by atomic mass is 10.1. The van der Waals surface area contributed by atoms with Crippen molar-refractivity contribution in [3.8, 4) is 0 Å². The van der Waals surface area contributed by atoms with Crippen LogP contribution in [0.1, 0.15) is 31.3 Å². The van der Waals surface area contributed by atoms with Crippen LogP contribution in [0.15, 0.2) is 29.7 Å². The van der Waals surface area contributed by atoms with Gasteiger partial charge in [0.2, 0.25) is 0 Å². The molecule has 2 aromatic rings. The molecule has 7 heteroatoms. The van der Waals surface area contributed by atoms with E-state index in [0.717, 1.165) is 24.2 Å². The standard InChI is InChI=1S/C14H18N4O2S/c1-10(2)18-12(6-5-11-4-3-7-15-8-11)16-17-14(18)21-9-13(19)20/h3-4,7-8,10H,5-6,9H2,1-2H3,(H,19,20). The Kier molecular flexibility index (Phi) is 5.32. The molecule has 21 heavy (non-hydrogen) atoms. The van der Waals surface area contributed by atoms with E-state index in [-0.39, 0.29) is 11.8 Å². The van der Waals surface area contributed by atoms with E-state index in [9.17, 15) is 4.79 Å². The molecular formula is C14H18N4O2S. The molecule has 0 bridgehead atoms. The van der Waals surface area contributed by atoms with E-state index in [2.05, 4.69) is 15.2 Å². The fourth-order valence-electron chi connectivity index (χ4n) is 2.02. The second-order valence-corrected chi connectivity index (χ2v) is 5.85. The van der Waals surface area contributed by atoms with Crippen LogP contribution in [0.5, 0.6) is 0 Å². The van der Waals surface area contributed by atoms with E-state index < -0.39 is 5.97 Å². The first-order valence-electron chi connectivity index (χ1n) is 6.75. The molecule has 2 aromatic heterocycles. The van der Waals surface area contributed by atoms with Gasteiger partial charge in [0.15, 0.2) is 5.16 Å². The number of carboxylic acid groups (broad SMARTS) is 1. The minimum Gasteiger partial charge on any atom is -0.481 e. The average molecular weight is 306 g/mol. The van der Waals surface area contributed by atoms with Crippen molar-refractivity contribution >= 4 is 17.7 Å². The smallest absolute Gasteiger partial charge is 0.313 e. The maximum atomic E-state index is 10.7. The number of thioether (sulfide) groups is 1. The number of aromatic nitrogens is 4. The topological polar surface area (TPSA) is 80.9 Å². The highest BCUT2D eigenvalue weighted by Gasteiger charge is 2.16. The lowest BCUT2D eigenvalue weighted by molar-refractivity contribution is -0.133. The Bertz CT molecular complexity index is 598. The zero-order valence-electron chi connectivity index (χ0n) is 12.1. The molecule has 0 aliphatic rings. The summed E-state index contributed by atoms with van der Waals surface area (Å²) in [5, 5.41) is 17.8. The summed E-state index contributed by atoms with van der Waals surface area (Å²) in [4.78, 5) is 14.8. The SMILES string of the molecule is CC(C)n1c(CCc2cccnc2)nnc1SCC(=O)O. The molecule has 0 aromatic carbocycles. The van der Waals surface area contributed by atoms with Crippen molar-refractivity contribution in [2.45, 2.75) is 37.9 Å². The Balaban J connectivity index is 2.10. The molecule has 1 N–H and O–H groups in total. The third kappa shape index (κ3) is 4.29. The summed E-state index contributed by atoms with van der Waals surface area (Å²) < 4.78 is 2.00. The van der Waals surface area contributed by atoms with Gasteiger partial charge in [0.25, 0.3) is 0 Å². The maximum Gasteiger partial charge on any atom is 0.313 e. The second-order valence-electron chi connectivity index (χ2n) is 4.91. The van der Waals surface area contributed by atoms with Gasteiger partial charge >= 0.3 is 5.97 Å². The van der Waals surface area contributed by atoms with Crippen LogP contribution in [0.3, 0.4) is 0 Å². The zero-order chi connectivity index (χ0) is 15.2. The minimum absolute atomic E-state index is 0.00649. The summed E-state index contributed by atoms with van der Waals surface area (Å²) in [7, 11) is 0. The van der Waals surface area contributed by atoms with Gasteiger partial charge in [-0.2, -0.15) is 0 Å². The van der Waals surface area contributed by atoms with E-state index in [0.29, 0.717) is 5.16 Å². The van der Waals surface area contributed by atoms with Gasteiger partial charge in [-0.05, 0) is 31.9 Å². The molecule has 0 atom stereocenters. The first-order valence-corrected chi connectivity index (χ1v) is 7.73. The Hall–Kier alpha value is -1.89. The Morgan fingerprint density at radius 2 is 2.19 bits per heavy atom. The first-order chi connectivity index (χ1) is 10.1. The van der Waals surface area contributed by atoms with Crippen molar-refractivity contribution in [2.75, 3.05) is 5.75 Å². The molecule has 2 rings (SSSR count). The van der Waals surface area contributed by atoms with E-state index in [1.807, 2.05) is 36.7 Å². The van der Waals surface area contributed by atoms with E-state index in [4.69, 9.17) is 5.11 Å². The second kappa shape index (κ2) is 7.21. The van der Waals surface area contributed by atoms with Crippen molar-refractivity contribution in [3.63, 3.8) is 0 Å². The number of rotatable bonds is 7. The molecule has 0 radical (unpaired) electrons. The van der Waals surface area contributed by atoms with Crippen LogP contribution in [-0.4, -0.2) is 36.6 Å². The predicted octanol–water partition coefficient (Wildman–Crippen LogP) is 2.22. The van der Waals surface area contributed by atoms with Gasteiger partial charge in [-0.3, -0.25) is 9.78 Å². The lowest BCUT2D eigenvalue weighted by Crippen LogP contribution is -2.10. The normalized spacial score (nSPS) is 11.0. The van der Waals surface area contributed by atoms with Crippen LogP contribution < -0.4 is 0 Å². The summed E-state index contributed by atoms with van der Waals surface area (Å²) in [6, 6.07) is 4.14. The molecule has 0 fully saturated rings. The highest BCUT2D eigenvalue weighted by molar-refractivity contribution is 7.99. The number of hydrogen-bond donors (Lipinski definition) is 1. The number of carbonyl (C=O) groups is 1. The minimum atomic E-state index is -0.852. The molecule has 0 amide bonds. The summed E-state index contributed by atoms with van der Waals surface area (Å²) >= 11 is 1.20. The Labute approximate surface area is 127 Å². The molecule has 0 aliphatic carbocycles. The number of pyridine rings is 1. The quantitative estimate of drug-likeness (QED) is 0.790. The van der Waals surface area contributed by atoms with Crippen LogP contribution in [0.2, 0.25) is 0 Å². The van der Waals surface area contributed by atoms with Crippen LogP contribution in [0, 0.1) is 0 Å². The summed E-state index contributed by atoms with van der Waals surface area (Å²) in [6.07, 6.45) is 5.18. The molecule has 0 spiro atoms. The monoisotopic (exact) mass is 306 g/mol. The predicted molar refractivity (Wildman–Crippen MR) is 80.4 cm³/mol. The number of aliphatic carboxylic acids is 1. The van der Waals surface area contributed by atoms with Gasteiger partial charge in [-0.15, -0.1) is 10.2 Å². The van der Waals surface area contributed by atoms with Crippen molar-refractivity contribution in [3.05, 3.63) is 35.9 Å². The fourth-order valence-corrected chi connectivity index (χ4v) is 2.83. The summed E-state index contributed by atoms with van der Waals surface area (Å²) in [5.74, 6) is 0.0185. The number of aryl methyl sites for hydroxylation is 2. The molecule has 0 saturated heterocycles. The first kappa shape index (κ1) is 15.5. The average Bonchev–Trinajstić information content (AvgIpc) is 2.87. The van der Waals surface area contributed by atoms with Crippen LogP contribution >= 0.6 is 11.8 Å². The van der Waals surface area contributed by atoms with Gasteiger partial charge in [-0.1, -0.05) is 17.8 Å². The van der Waals surface area contributed by atoms with Gasteiger partial charge < -0.3 is 9.67 Å². The maximum absolute atomic E-state index is 10.7. The van der Waals surface area contributed by atoms with Crippen LogP contribution in [0.4, 0.5) is 0 Å². The third-order valence-electron chi connectivity index (χ3n) is 2.94. The van der Waals surface area contributed by atoms with Crippen molar-refractivity contribution < 1.29 is 9.90 Å². The number of nitrogens with zero attached hydrogens (tertiary/aromatic N) is 4. The molecule has 0 aliphatic heterocycles. The molecule has 112 valence electrons. The largest absolute Gasteiger partial charge is 0.481 e. The van der Waals surface area contributed by atoms with Crippen LogP contribution in [-0.2, 0) is 17.6 Å². The number of carboxylic acids is 1. The van der Waals surface area contributed by atoms with E-state index in [1.165, 1.54) is 11.8 Å². The van der Waals surface area contributed by atoms with Gasteiger partial charge in [-0.25, -0.2) is 0 Å². The van der Waals surface area contributed by atoms with Gasteiger partial charge in [0.05, 0.1) is 5.75 Å². The van der Waals surface area contributed by atoms with E-state index in [1.54, 1.807) is 6.20 Å². The van der Waals surface area contributed by atoms with Crippen molar-refractivity contribution in [1.29, 1.82) is 0 Å². The molecular weight excluding hydrogens is 288 g/mol. The third-order valence-corrected chi connectivity index (χ3v) is 3.86. The van der Waals surface area contributed by atoms with E-state index >= 15 is 0 Å². The molecule has 0 saturated carbocycles. The van der Waals surface area contributed by atoms with Crippen molar-refractivity contribution in [1.82, 2.24) is 19.7 Å². The Morgan fingerprint density at radius 1 is 1.38 bits per heavy atom. The fraction of sp³-hybridized carbons (Fsp3) is 0.429. The lowest BCUT2D eigenvalue weighted by Gasteiger charge is -2.13. The van der Waals surface area contributed by atoms with Gasteiger partial charge in [0.1, 0.15) is 5.82 Å². The summed E-state index contributed by atoms with van der Waals surface area (Å²) in [5.41, 5.74) is 1.15. The molecule has 6 nitrogen and oxygen atoms in total. The van der Waals surface area contributed by atoms with Gasteiger partial charge in [0, 0.05) is 24.9 Å². The van der Waals surface area contributed by atoms with Crippen molar-refractivity contribution in [2.24, 2.45) is 0 Å². The van der Waals surface area contributed by atoms with Crippen LogP contribution in [0.25, 0.3) is 0 Å². The highest BCUT2D eigenvalue weighted by Crippen LogP contribution is 2.22. The number of hydrogen-bond acceptors (Lipinski definition) is 5. The zero-order valence-corrected chi connectivity index (χ0v) is 12.9. The highest BCUT2D eigenvalue weighted by atomic mass is 32.2.